The molecule has 0 spiro atoms. The summed E-state index contributed by atoms with van der Waals surface area (Å²) in [5.74, 6) is -1.45. The Kier molecular flexibility index (Phi) is 66.2. The van der Waals surface area contributed by atoms with Crippen molar-refractivity contribution in [3.05, 3.63) is 29.1 Å². The third-order valence-corrected chi connectivity index (χ3v) is 20.7. The Morgan fingerprint density at radius 3 is 0.821 bits per heavy atom. The van der Waals surface area contributed by atoms with Crippen LogP contribution >= 0.6 is 0 Å². The average Bonchev–Trinajstić information content (AvgIpc) is 0.827. The number of aromatic nitrogens is 1. The molecule has 616 valence electrons. The van der Waals surface area contributed by atoms with E-state index in [2.05, 4.69) is 91.0 Å². The molecule has 0 saturated heterocycles. The molecule has 4 atom stereocenters. The van der Waals surface area contributed by atoms with Gasteiger partial charge >= 0.3 is 23.9 Å². The lowest BCUT2D eigenvalue weighted by molar-refractivity contribution is -0.150. The zero-order chi connectivity index (χ0) is 77.7. The Morgan fingerprint density at radius 1 is 0.302 bits per heavy atom. The number of hydrogen-bond acceptors (Lipinski definition) is 15. The summed E-state index contributed by atoms with van der Waals surface area (Å²) in [6.45, 7) is 24.8. The van der Waals surface area contributed by atoms with E-state index in [0.29, 0.717) is 45.3 Å². The zero-order valence-electron chi connectivity index (χ0n) is 70.1. The van der Waals surface area contributed by atoms with Crippen LogP contribution in [0.4, 0.5) is 0 Å². The highest BCUT2D eigenvalue weighted by Crippen LogP contribution is 2.20. The lowest BCUT2D eigenvalue weighted by Gasteiger charge is -2.22. The van der Waals surface area contributed by atoms with Gasteiger partial charge in [-0.05, 0) is 226 Å². The SMILES string of the molecule is CCCCCC(CC)OC(=O)CCCCCCCCN(CCCCCCCCC(=O)OC(CC)CCCCC)CCCNC(=O)c1cc(C(=O)NCCCCN(C)C)cc(C(=O)NCCCN(CCCCCCCCC(=O)OC(CC)CCCCC)CCCCCCCCC(=O)OC(CC)CCCCC)n1. The van der Waals surface area contributed by atoms with Crippen molar-refractivity contribution in [1.82, 2.24) is 35.6 Å². The Bertz CT molecular complexity index is 2090. The van der Waals surface area contributed by atoms with E-state index in [1.165, 1.54) is 37.8 Å². The van der Waals surface area contributed by atoms with Crippen LogP contribution in [0.2, 0.25) is 0 Å². The van der Waals surface area contributed by atoms with Crippen LogP contribution in [0.1, 0.15) is 421 Å². The van der Waals surface area contributed by atoms with Gasteiger partial charge in [0.15, 0.2) is 0 Å². The molecule has 18 nitrogen and oxygen atoms in total. The number of pyridine rings is 1. The first kappa shape index (κ1) is 99.3. The standard InChI is InChI=1S/C88H163N7O11/c1-11-19-39-55-76(15-5)103-82(96)59-43-31-23-27-35-48-67-94(68-49-36-28-24-32-44-60-83(97)104-77(16-6)56-40-20-12-2)71-53-64-90-87(101)80-73-75(86(100)89-63-47-52-66-93(9)10)74-81(92-80)88(102)91-65-54-72-95(69-50-37-29-25-33-45-61-84(98)105-78(17-7)57-41-21-13-3)70-51-38-30-26-34-46-62-85(99)106-79(18-8)58-42-22-14-4/h73-74,76-79H,11-72H2,1-10H3,(H,89,100)(H,90,101)(H,91,102). The molecule has 0 aliphatic carbocycles. The van der Waals surface area contributed by atoms with Gasteiger partial charge in [0.25, 0.3) is 17.7 Å². The molecule has 0 aliphatic rings. The molecule has 0 fully saturated rings. The van der Waals surface area contributed by atoms with Gasteiger partial charge in [0.2, 0.25) is 0 Å². The van der Waals surface area contributed by atoms with Gasteiger partial charge < -0.3 is 49.6 Å². The van der Waals surface area contributed by atoms with Crippen LogP contribution in [-0.2, 0) is 38.1 Å². The molecule has 3 amide bonds. The quantitative estimate of drug-likeness (QED) is 0.0314. The molecule has 1 aromatic rings. The van der Waals surface area contributed by atoms with E-state index in [-0.39, 0.29) is 71.2 Å². The summed E-state index contributed by atoms with van der Waals surface area (Å²) >= 11 is 0. The summed E-state index contributed by atoms with van der Waals surface area (Å²) in [4.78, 5) is 104. The fourth-order valence-corrected chi connectivity index (χ4v) is 13.7. The smallest absolute Gasteiger partial charge is 0.306 e. The molecule has 106 heavy (non-hydrogen) atoms. The molecule has 0 aliphatic heterocycles. The van der Waals surface area contributed by atoms with Gasteiger partial charge in [-0.25, -0.2) is 4.98 Å². The minimum absolute atomic E-state index is 0.0314. The molecule has 1 heterocycles. The second-order valence-electron chi connectivity index (χ2n) is 30.8. The highest BCUT2D eigenvalue weighted by molar-refractivity contribution is 6.02. The van der Waals surface area contributed by atoms with Gasteiger partial charge in [0.1, 0.15) is 35.8 Å². The molecule has 18 heteroatoms. The number of rotatable bonds is 76. The minimum atomic E-state index is -0.427. The molecule has 4 unspecified atom stereocenters. The summed E-state index contributed by atoms with van der Waals surface area (Å²) in [5.41, 5.74) is 0.284. The molecule has 1 rings (SSSR count). The van der Waals surface area contributed by atoms with E-state index in [1.54, 1.807) is 0 Å². The summed E-state index contributed by atoms with van der Waals surface area (Å²) in [6.07, 6.45) is 51.4. The molecule has 3 N–H and O–H groups in total. The summed E-state index contributed by atoms with van der Waals surface area (Å²) < 4.78 is 23.2. The highest BCUT2D eigenvalue weighted by atomic mass is 16.6. The highest BCUT2D eigenvalue weighted by Gasteiger charge is 2.21. The topological polar surface area (TPSA) is 215 Å². The van der Waals surface area contributed by atoms with Crippen molar-refractivity contribution in [3.63, 3.8) is 0 Å². The van der Waals surface area contributed by atoms with Gasteiger partial charge in [0, 0.05) is 50.9 Å². The molecule has 0 saturated carbocycles. The van der Waals surface area contributed by atoms with Crippen LogP contribution in [0.25, 0.3) is 0 Å². The maximum Gasteiger partial charge on any atom is 0.306 e. The van der Waals surface area contributed by atoms with E-state index < -0.39 is 11.8 Å². The Morgan fingerprint density at radius 2 is 0.547 bits per heavy atom. The fraction of sp³-hybridized carbons (Fsp3) is 0.864. The van der Waals surface area contributed by atoms with Crippen LogP contribution in [0.3, 0.4) is 0 Å². The summed E-state index contributed by atoms with van der Waals surface area (Å²) in [5, 5.41) is 9.17. The summed E-state index contributed by atoms with van der Waals surface area (Å²) in [6, 6.07) is 3.00. The molecular formula is C88H163N7O11. The number of unbranched alkanes of at least 4 members (excludes halogenated alkanes) is 29. The first-order valence-corrected chi connectivity index (χ1v) is 44.3. The number of esters is 4. The fourth-order valence-electron chi connectivity index (χ4n) is 13.7. The first-order chi connectivity index (χ1) is 51.5. The van der Waals surface area contributed by atoms with E-state index in [0.717, 1.165) is 328 Å². The third-order valence-electron chi connectivity index (χ3n) is 20.7. The number of nitrogens with one attached hydrogen (secondary N) is 3. The van der Waals surface area contributed by atoms with Crippen molar-refractivity contribution in [2.24, 2.45) is 0 Å². The van der Waals surface area contributed by atoms with Crippen molar-refractivity contribution < 1.29 is 52.5 Å². The lowest BCUT2D eigenvalue weighted by Crippen LogP contribution is -2.33. The predicted molar refractivity (Wildman–Crippen MR) is 438 cm³/mol. The maximum absolute atomic E-state index is 14.1. The number of hydrogen-bond donors (Lipinski definition) is 3. The van der Waals surface area contributed by atoms with Gasteiger partial charge in [0.05, 0.1) is 0 Å². The predicted octanol–water partition coefficient (Wildman–Crippen LogP) is 20.5. The van der Waals surface area contributed by atoms with Crippen molar-refractivity contribution >= 4 is 41.6 Å². The monoisotopic (exact) mass is 1490 g/mol. The molecule has 1 aromatic heterocycles. The first-order valence-electron chi connectivity index (χ1n) is 44.3. The minimum Gasteiger partial charge on any atom is -0.462 e. The van der Waals surface area contributed by atoms with Crippen LogP contribution < -0.4 is 16.0 Å². The number of carbonyl (C=O) groups is 7. The van der Waals surface area contributed by atoms with Crippen LogP contribution in [0.15, 0.2) is 12.1 Å². The number of amides is 3. The van der Waals surface area contributed by atoms with Crippen LogP contribution in [-0.4, -0.2) is 165 Å². The number of nitrogens with zero attached hydrogens (tertiary/aromatic N) is 4. The Hall–Kier alpha value is -4.68. The van der Waals surface area contributed by atoms with Crippen LogP contribution in [0, 0.1) is 0 Å². The second kappa shape index (κ2) is 70.7. The van der Waals surface area contributed by atoms with Gasteiger partial charge in [-0.3, -0.25) is 33.6 Å². The van der Waals surface area contributed by atoms with E-state index in [1.807, 2.05) is 14.1 Å². The van der Waals surface area contributed by atoms with Crippen molar-refractivity contribution in [2.75, 3.05) is 79.5 Å². The van der Waals surface area contributed by atoms with E-state index >= 15 is 0 Å². The average molecular weight is 1500 g/mol. The van der Waals surface area contributed by atoms with Gasteiger partial charge in [-0.2, -0.15) is 0 Å². The molecule has 0 aromatic carbocycles. The van der Waals surface area contributed by atoms with Crippen molar-refractivity contribution in [2.45, 2.75) is 414 Å². The van der Waals surface area contributed by atoms with Crippen LogP contribution in [0.5, 0.6) is 0 Å². The number of carbonyl (C=O) groups excluding carboxylic acids is 7. The third kappa shape index (κ3) is 57.4. The van der Waals surface area contributed by atoms with Crippen molar-refractivity contribution in [3.8, 4) is 0 Å². The van der Waals surface area contributed by atoms with Crippen molar-refractivity contribution in [1.29, 1.82) is 0 Å². The van der Waals surface area contributed by atoms with E-state index in [4.69, 9.17) is 18.9 Å². The molecule has 0 bridgehead atoms. The molecular weight excluding hydrogens is 1330 g/mol. The largest absolute Gasteiger partial charge is 0.462 e. The second-order valence-corrected chi connectivity index (χ2v) is 30.8. The lowest BCUT2D eigenvalue weighted by atomic mass is 10.1. The van der Waals surface area contributed by atoms with Gasteiger partial charge in [-0.1, -0.05) is 209 Å². The Labute approximate surface area is 648 Å². The Balaban J connectivity index is 3.07. The number of ether oxygens (including phenoxy) is 4. The maximum atomic E-state index is 14.1. The summed E-state index contributed by atoms with van der Waals surface area (Å²) in [7, 11) is 4.05. The molecule has 0 radical (unpaired) electrons. The zero-order valence-corrected chi connectivity index (χ0v) is 70.1. The normalized spacial score (nSPS) is 12.7. The van der Waals surface area contributed by atoms with E-state index in [9.17, 15) is 33.6 Å². The van der Waals surface area contributed by atoms with Gasteiger partial charge in [-0.15, -0.1) is 0 Å².